The van der Waals surface area contributed by atoms with Gasteiger partial charge in [-0.25, -0.2) is 13.2 Å². The number of carboxylic acids is 1. The van der Waals surface area contributed by atoms with Gasteiger partial charge in [0.05, 0.1) is 16.8 Å². The number of aromatic carboxylic acids is 1. The lowest BCUT2D eigenvalue weighted by Gasteiger charge is -2.10. The third kappa shape index (κ3) is 4.55. The highest BCUT2D eigenvalue weighted by Gasteiger charge is 2.16. The molecule has 0 amide bonds. The first-order valence-corrected chi connectivity index (χ1v) is 10.7. The number of nitrogens with one attached hydrogen (secondary N) is 1. The molecule has 0 aliphatic heterocycles. The van der Waals surface area contributed by atoms with E-state index >= 15 is 0 Å². The molecule has 0 unspecified atom stereocenters. The van der Waals surface area contributed by atoms with Gasteiger partial charge in [-0.3, -0.25) is 9.71 Å². The normalized spacial score (nSPS) is 10.8. The Hall–Kier alpha value is -4.15. The molecule has 4 aromatic rings. The molecule has 0 atom stereocenters. The highest BCUT2D eigenvalue weighted by atomic mass is 32.2. The molecule has 0 fully saturated rings. The molecule has 1 heterocycles. The van der Waals surface area contributed by atoms with E-state index < -0.39 is 16.0 Å². The SMILES string of the molecule is O=C(O)c1ccc(C#Cc2ccccc2NS(=O)(=O)c2cnc3ccccc3c2)cc1. The zero-order valence-electron chi connectivity index (χ0n) is 16.1. The molecule has 2 N–H and O–H groups in total. The zero-order chi connectivity index (χ0) is 21.8. The molecule has 0 radical (unpaired) electrons. The van der Waals surface area contributed by atoms with Gasteiger partial charge >= 0.3 is 5.97 Å². The van der Waals surface area contributed by atoms with Crippen molar-refractivity contribution in [1.82, 2.24) is 4.98 Å². The van der Waals surface area contributed by atoms with Gasteiger partial charge in [-0.05, 0) is 48.5 Å². The summed E-state index contributed by atoms with van der Waals surface area (Å²) in [5.74, 6) is 4.86. The summed E-state index contributed by atoms with van der Waals surface area (Å²) in [6.07, 6.45) is 1.32. The topological polar surface area (TPSA) is 96.4 Å². The second kappa shape index (κ2) is 8.30. The van der Waals surface area contributed by atoms with Gasteiger partial charge in [0.1, 0.15) is 4.90 Å². The Bertz CT molecular complexity index is 1450. The van der Waals surface area contributed by atoms with Gasteiger partial charge in [-0.2, -0.15) is 0 Å². The number of rotatable bonds is 4. The minimum absolute atomic E-state index is 0.0539. The number of anilines is 1. The van der Waals surface area contributed by atoms with E-state index in [9.17, 15) is 13.2 Å². The van der Waals surface area contributed by atoms with Gasteiger partial charge in [0.25, 0.3) is 10.0 Å². The number of hydrogen-bond acceptors (Lipinski definition) is 4. The number of carboxylic acid groups (broad SMARTS) is 1. The van der Waals surface area contributed by atoms with E-state index in [1.807, 2.05) is 18.2 Å². The molecule has 0 saturated carbocycles. The fraction of sp³-hybridized carbons (Fsp3) is 0. The van der Waals surface area contributed by atoms with E-state index in [1.165, 1.54) is 18.3 Å². The molecule has 6 nitrogen and oxygen atoms in total. The summed E-state index contributed by atoms with van der Waals surface area (Å²) in [5, 5.41) is 9.70. The van der Waals surface area contributed by atoms with Gasteiger partial charge in [-0.1, -0.05) is 42.2 Å². The molecule has 31 heavy (non-hydrogen) atoms. The summed E-state index contributed by atoms with van der Waals surface area (Å²) >= 11 is 0. The van der Waals surface area contributed by atoms with Crippen LogP contribution in [0.4, 0.5) is 5.69 Å². The summed E-state index contributed by atoms with van der Waals surface area (Å²) in [4.78, 5) is 15.2. The van der Waals surface area contributed by atoms with Crippen LogP contribution in [0.5, 0.6) is 0 Å². The number of benzene rings is 3. The molecule has 152 valence electrons. The fourth-order valence-corrected chi connectivity index (χ4v) is 3.98. The van der Waals surface area contributed by atoms with Crippen molar-refractivity contribution >= 4 is 32.6 Å². The summed E-state index contributed by atoms with van der Waals surface area (Å²) in [5.41, 5.74) is 2.32. The van der Waals surface area contributed by atoms with Gasteiger partial charge < -0.3 is 5.11 Å². The van der Waals surface area contributed by atoms with Crippen molar-refractivity contribution in [3.8, 4) is 11.8 Å². The predicted molar refractivity (Wildman–Crippen MR) is 118 cm³/mol. The number of nitrogens with zero attached hydrogens (tertiary/aromatic N) is 1. The molecule has 0 aliphatic rings. The van der Waals surface area contributed by atoms with E-state index in [1.54, 1.807) is 48.5 Å². The lowest BCUT2D eigenvalue weighted by Crippen LogP contribution is -2.14. The van der Waals surface area contributed by atoms with Crippen molar-refractivity contribution in [1.29, 1.82) is 0 Å². The van der Waals surface area contributed by atoms with E-state index in [-0.39, 0.29) is 10.5 Å². The number of carbonyl (C=O) groups is 1. The largest absolute Gasteiger partial charge is 0.478 e. The maximum absolute atomic E-state index is 12.9. The molecule has 3 aromatic carbocycles. The van der Waals surface area contributed by atoms with E-state index in [0.29, 0.717) is 22.3 Å². The van der Waals surface area contributed by atoms with Crippen molar-refractivity contribution in [2.75, 3.05) is 4.72 Å². The quantitative estimate of drug-likeness (QED) is 0.477. The number of pyridine rings is 1. The average Bonchev–Trinajstić information content (AvgIpc) is 2.78. The molecule has 1 aromatic heterocycles. The monoisotopic (exact) mass is 428 g/mol. The van der Waals surface area contributed by atoms with Crippen molar-refractivity contribution in [3.63, 3.8) is 0 Å². The van der Waals surface area contributed by atoms with Crippen LogP contribution in [-0.2, 0) is 10.0 Å². The fourth-order valence-electron chi connectivity index (χ4n) is 2.92. The van der Waals surface area contributed by atoms with Crippen LogP contribution in [0.1, 0.15) is 21.5 Å². The first-order chi connectivity index (χ1) is 14.9. The van der Waals surface area contributed by atoms with Crippen LogP contribution in [0, 0.1) is 11.8 Å². The summed E-state index contributed by atoms with van der Waals surface area (Å²) in [7, 11) is -3.87. The zero-order valence-corrected chi connectivity index (χ0v) is 16.9. The number of sulfonamides is 1. The van der Waals surface area contributed by atoms with E-state index in [4.69, 9.17) is 5.11 Å². The third-order valence-corrected chi connectivity index (χ3v) is 5.85. The molecule has 7 heteroatoms. The first kappa shape index (κ1) is 20.1. The van der Waals surface area contributed by atoms with Crippen LogP contribution in [-0.4, -0.2) is 24.5 Å². The average molecular weight is 428 g/mol. The summed E-state index contributed by atoms with van der Waals surface area (Å²) in [6.45, 7) is 0. The Morgan fingerprint density at radius 3 is 2.39 bits per heavy atom. The van der Waals surface area contributed by atoms with E-state index in [2.05, 4.69) is 21.5 Å². The third-order valence-electron chi connectivity index (χ3n) is 4.52. The van der Waals surface area contributed by atoms with Gasteiger partial charge in [0.2, 0.25) is 0 Å². The number of aromatic nitrogens is 1. The minimum Gasteiger partial charge on any atom is -0.478 e. The van der Waals surface area contributed by atoms with Crippen LogP contribution in [0.15, 0.2) is 90.0 Å². The lowest BCUT2D eigenvalue weighted by molar-refractivity contribution is 0.0697. The molecule has 0 spiro atoms. The second-order valence-corrected chi connectivity index (χ2v) is 8.33. The van der Waals surface area contributed by atoms with Gasteiger partial charge in [0, 0.05) is 22.7 Å². The van der Waals surface area contributed by atoms with Crippen LogP contribution in [0.25, 0.3) is 10.9 Å². The molecule has 0 saturated heterocycles. The minimum atomic E-state index is -3.87. The van der Waals surface area contributed by atoms with Gasteiger partial charge in [0.15, 0.2) is 0 Å². The Kier molecular flexibility index (Phi) is 5.39. The van der Waals surface area contributed by atoms with Crippen molar-refractivity contribution < 1.29 is 18.3 Å². The Morgan fingerprint density at radius 1 is 0.903 bits per heavy atom. The Labute approximate surface area is 179 Å². The highest BCUT2D eigenvalue weighted by Crippen LogP contribution is 2.22. The Balaban J connectivity index is 1.63. The van der Waals surface area contributed by atoms with Crippen LogP contribution >= 0.6 is 0 Å². The van der Waals surface area contributed by atoms with Crippen molar-refractivity contribution in [2.45, 2.75) is 4.90 Å². The van der Waals surface area contributed by atoms with E-state index in [0.717, 1.165) is 5.39 Å². The molecule has 0 bridgehead atoms. The second-order valence-electron chi connectivity index (χ2n) is 6.65. The number of para-hydroxylation sites is 2. The smallest absolute Gasteiger partial charge is 0.335 e. The first-order valence-electron chi connectivity index (χ1n) is 9.24. The predicted octanol–water partition coefficient (Wildman–Crippen LogP) is 4.13. The number of hydrogen-bond donors (Lipinski definition) is 2. The summed E-state index contributed by atoms with van der Waals surface area (Å²) < 4.78 is 28.4. The Morgan fingerprint density at radius 2 is 1.61 bits per heavy atom. The van der Waals surface area contributed by atoms with Crippen LogP contribution in [0.2, 0.25) is 0 Å². The highest BCUT2D eigenvalue weighted by molar-refractivity contribution is 7.92. The molecular weight excluding hydrogens is 412 g/mol. The van der Waals surface area contributed by atoms with Crippen molar-refractivity contribution in [3.05, 3.63) is 102 Å². The van der Waals surface area contributed by atoms with Gasteiger partial charge in [-0.15, -0.1) is 0 Å². The van der Waals surface area contributed by atoms with Crippen LogP contribution in [0.3, 0.4) is 0 Å². The van der Waals surface area contributed by atoms with Crippen LogP contribution < -0.4 is 4.72 Å². The molecular formula is C24H16N2O4S. The maximum atomic E-state index is 12.9. The lowest BCUT2D eigenvalue weighted by atomic mass is 10.1. The van der Waals surface area contributed by atoms with Crippen molar-refractivity contribution in [2.24, 2.45) is 0 Å². The maximum Gasteiger partial charge on any atom is 0.335 e. The number of fused-ring (bicyclic) bond motifs is 1. The molecule has 0 aliphatic carbocycles. The molecule has 4 rings (SSSR count). The summed E-state index contributed by atoms with van der Waals surface area (Å²) in [6, 6.07) is 21.8. The standard InChI is InChI=1S/C24H16N2O4S/c27-24(28)19-13-10-17(11-14-19)9-12-18-5-1-4-8-23(18)26-31(29,30)21-15-20-6-2-3-7-22(20)25-16-21/h1-8,10-11,13-16,26H,(H,27,28).